The molecule has 1 fully saturated rings. The second-order valence-electron chi connectivity index (χ2n) is 5.96. The lowest BCUT2D eigenvalue weighted by molar-refractivity contribution is 0.196. The van der Waals surface area contributed by atoms with Gasteiger partial charge in [0.2, 0.25) is 10.0 Å². The van der Waals surface area contributed by atoms with Crippen molar-refractivity contribution in [1.29, 1.82) is 0 Å². The van der Waals surface area contributed by atoms with Crippen LogP contribution in [0.5, 0.6) is 0 Å². The summed E-state index contributed by atoms with van der Waals surface area (Å²) in [5.41, 5.74) is 6.42. The van der Waals surface area contributed by atoms with Crippen LogP contribution in [0.4, 0.5) is 0 Å². The van der Waals surface area contributed by atoms with Gasteiger partial charge >= 0.3 is 0 Å². The molecule has 20 heavy (non-hydrogen) atoms. The van der Waals surface area contributed by atoms with Crippen LogP contribution in [0.25, 0.3) is 0 Å². The number of benzene rings is 1. The zero-order chi connectivity index (χ0) is 15.0. The van der Waals surface area contributed by atoms with Crippen LogP contribution in [-0.4, -0.2) is 30.8 Å². The maximum absolute atomic E-state index is 12.5. The van der Waals surface area contributed by atoms with Gasteiger partial charge in [0, 0.05) is 18.7 Å². The van der Waals surface area contributed by atoms with Crippen molar-refractivity contribution in [3.63, 3.8) is 0 Å². The van der Waals surface area contributed by atoms with E-state index in [2.05, 4.69) is 13.8 Å². The van der Waals surface area contributed by atoms with Gasteiger partial charge in [-0.05, 0) is 30.4 Å². The third kappa shape index (κ3) is 3.19. The number of sulfonamides is 1. The Labute approximate surface area is 126 Å². The fourth-order valence-electron chi connectivity index (χ4n) is 2.27. The van der Waals surface area contributed by atoms with Gasteiger partial charge in [0.05, 0.1) is 4.90 Å². The monoisotopic (exact) mass is 312 g/mol. The molecule has 1 aliphatic rings. The van der Waals surface area contributed by atoms with Crippen LogP contribution in [0.15, 0.2) is 29.2 Å². The highest BCUT2D eigenvalue weighted by Crippen LogP contribution is 2.32. The third-order valence-electron chi connectivity index (χ3n) is 3.85. The van der Waals surface area contributed by atoms with E-state index in [1.165, 1.54) is 0 Å². The summed E-state index contributed by atoms with van der Waals surface area (Å²) in [5.74, 6) is 0. The average molecular weight is 312 g/mol. The molecule has 0 aliphatic carbocycles. The standard InChI is InChI=1S/C14H20N2O2S2/c1-14(2)7-9-16(10-8-14)20(17,18)12-5-3-11(4-6-12)13(15)19/h3-6H,7-10H2,1-2H3,(H2,15,19). The fraction of sp³-hybridized carbons (Fsp3) is 0.500. The Hall–Kier alpha value is -0.980. The molecule has 0 radical (unpaired) electrons. The molecular formula is C14H20N2O2S2. The van der Waals surface area contributed by atoms with E-state index < -0.39 is 10.0 Å². The molecule has 0 amide bonds. The quantitative estimate of drug-likeness (QED) is 0.869. The molecule has 0 spiro atoms. The molecule has 2 N–H and O–H groups in total. The zero-order valence-electron chi connectivity index (χ0n) is 11.8. The first-order valence-corrected chi connectivity index (χ1v) is 8.47. The second kappa shape index (κ2) is 5.42. The maximum Gasteiger partial charge on any atom is 0.243 e. The fourth-order valence-corrected chi connectivity index (χ4v) is 3.85. The van der Waals surface area contributed by atoms with Crippen LogP contribution >= 0.6 is 12.2 Å². The van der Waals surface area contributed by atoms with Gasteiger partial charge in [-0.3, -0.25) is 0 Å². The SMILES string of the molecule is CC1(C)CCN(S(=O)(=O)c2ccc(C(N)=S)cc2)CC1. The van der Waals surface area contributed by atoms with Gasteiger partial charge in [-0.25, -0.2) is 8.42 Å². The van der Waals surface area contributed by atoms with Crippen molar-refractivity contribution in [2.24, 2.45) is 11.1 Å². The predicted molar refractivity (Wildman–Crippen MR) is 84.1 cm³/mol. The van der Waals surface area contributed by atoms with E-state index >= 15 is 0 Å². The maximum atomic E-state index is 12.5. The lowest BCUT2D eigenvalue weighted by Gasteiger charge is -2.36. The van der Waals surface area contributed by atoms with Crippen LogP contribution in [0, 0.1) is 5.41 Å². The lowest BCUT2D eigenvalue weighted by atomic mass is 9.83. The predicted octanol–water partition coefficient (Wildman–Crippen LogP) is 2.13. The van der Waals surface area contributed by atoms with E-state index in [9.17, 15) is 8.42 Å². The lowest BCUT2D eigenvalue weighted by Crippen LogP contribution is -2.41. The van der Waals surface area contributed by atoms with Gasteiger partial charge in [-0.15, -0.1) is 0 Å². The highest BCUT2D eigenvalue weighted by atomic mass is 32.2. The van der Waals surface area contributed by atoms with Crippen molar-refractivity contribution in [3.8, 4) is 0 Å². The summed E-state index contributed by atoms with van der Waals surface area (Å²) in [4.78, 5) is 0.575. The van der Waals surface area contributed by atoms with Gasteiger partial charge in [-0.1, -0.05) is 38.2 Å². The van der Waals surface area contributed by atoms with E-state index in [4.69, 9.17) is 18.0 Å². The van der Waals surface area contributed by atoms with Crippen molar-refractivity contribution < 1.29 is 8.42 Å². The molecule has 0 aromatic heterocycles. The molecule has 1 aromatic rings. The number of nitrogens with two attached hydrogens (primary N) is 1. The summed E-state index contributed by atoms with van der Waals surface area (Å²) in [5, 5.41) is 0. The van der Waals surface area contributed by atoms with Gasteiger partial charge < -0.3 is 5.73 Å². The second-order valence-corrected chi connectivity index (χ2v) is 8.33. The van der Waals surface area contributed by atoms with Gasteiger partial charge in [0.15, 0.2) is 0 Å². The van der Waals surface area contributed by atoms with Crippen molar-refractivity contribution in [2.45, 2.75) is 31.6 Å². The Kier molecular flexibility index (Phi) is 4.18. The topological polar surface area (TPSA) is 63.4 Å². The van der Waals surface area contributed by atoms with Gasteiger partial charge in [0.25, 0.3) is 0 Å². The molecule has 2 rings (SSSR count). The minimum Gasteiger partial charge on any atom is -0.389 e. The molecule has 1 heterocycles. The molecule has 0 bridgehead atoms. The van der Waals surface area contributed by atoms with Gasteiger partial charge in [0.1, 0.15) is 4.99 Å². The normalized spacial score (nSPS) is 19.7. The van der Waals surface area contributed by atoms with Crippen LogP contribution < -0.4 is 5.73 Å². The van der Waals surface area contributed by atoms with Crippen molar-refractivity contribution in [1.82, 2.24) is 4.31 Å². The number of thiocarbonyl (C=S) groups is 1. The van der Waals surface area contributed by atoms with E-state index in [1.807, 2.05) is 0 Å². The largest absolute Gasteiger partial charge is 0.389 e. The van der Waals surface area contributed by atoms with Crippen LogP contribution in [0.2, 0.25) is 0 Å². The first kappa shape index (κ1) is 15.4. The minimum atomic E-state index is -3.41. The minimum absolute atomic E-state index is 0.224. The van der Waals surface area contributed by atoms with Crippen molar-refractivity contribution >= 4 is 27.2 Å². The molecule has 4 nitrogen and oxygen atoms in total. The number of rotatable bonds is 3. The Morgan fingerprint density at radius 2 is 1.70 bits per heavy atom. The number of hydrogen-bond donors (Lipinski definition) is 1. The average Bonchev–Trinajstić information content (AvgIpc) is 2.38. The third-order valence-corrected chi connectivity index (χ3v) is 6.00. The Bertz CT molecular complexity index is 597. The summed E-state index contributed by atoms with van der Waals surface area (Å²) >= 11 is 4.87. The summed E-state index contributed by atoms with van der Waals surface area (Å²) < 4.78 is 26.6. The molecule has 1 aliphatic heterocycles. The Morgan fingerprint density at radius 1 is 1.20 bits per heavy atom. The van der Waals surface area contributed by atoms with Crippen LogP contribution in [0.3, 0.4) is 0 Å². The highest BCUT2D eigenvalue weighted by Gasteiger charge is 2.32. The first-order chi connectivity index (χ1) is 9.22. The van der Waals surface area contributed by atoms with E-state index in [0.29, 0.717) is 23.5 Å². The van der Waals surface area contributed by atoms with Crippen molar-refractivity contribution in [3.05, 3.63) is 29.8 Å². The number of piperidine rings is 1. The van der Waals surface area contributed by atoms with E-state index in [1.54, 1.807) is 28.6 Å². The highest BCUT2D eigenvalue weighted by molar-refractivity contribution is 7.89. The Balaban J connectivity index is 2.20. The molecule has 0 saturated carbocycles. The van der Waals surface area contributed by atoms with Crippen LogP contribution in [0.1, 0.15) is 32.3 Å². The smallest absolute Gasteiger partial charge is 0.243 e. The molecule has 0 atom stereocenters. The number of nitrogens with zero attached hydrogens (tertiary/aromatic N) is 1. The summed E-state index contributed by atoms with van der Waals surface area (Å²) in [6.07, 6.45) is 1.77. The molecule has 1 saturated heterocycles. The van der Waals surface area contributed by atoms with Crippen molar-refractivity contribution in [2.75, 3.05) is 13.1 Å². The molecule has 110 valence electrons. The molecule has 0 unspecified atom stereocenters. The summed E-state index contributed by atoms with van der Waals surface area (Å²) in [6, 6.07) is 6.46. The molecular weight excluding hydrogens is 292 g/mol. The summed E-state index contributed by atoms with van der Waals surface area (Å²) in [7, 11) is -3.41. The zero-order valence-corrected chi connectivity index (χ0v) is 13.4. The summed E-state index contributed by atoms with van der Waals surface area (Å²) in [6.45, 7) is 5.50. The molecule has 1 aromatic carbocycles. The van der Waals surface area contributed by atoms with E-state index in [-0.39, 0.29) is 10.4 Å². The van der Waals surface area contributed by atoms with Crippen LogP contribution in [-0.2, 0) is 10.0 Å². The Morgan fingerprint density at radius 3 is 2.15 bits per heavy atom. The van der Waals surface area contributed by atoms with E-state index in [0.717, 1.165) is 12.8 Å². The molecule has 6 heteroatoms. The number of hydrogen-bond acceptors (Lipinski definition) is 3. The first-order valence-electron chi connectivity index (χ1n) is 6.62. The van der Waals surface area contributed by atoms with Gasteiger partial charge in [-0.2, -0.15) is 4.31 Å².